The third-order valence-electron chi connectivity index (χ3n) is 8.33. The number of rotatable bonds is 31. The molecule has 13 heteroatoms. The van der Waals surface area contributed by atoms with Gasteiger partial charge in [0, 0.05) is 6.42 Å². The van der Waals surface area contributed by atoms with Gasteiger partial charge in [-0.15, -0.1) is 0 Å². The van der Waals surface area contributed by atoms with Crippen LogP contribution >= 0.6 is 0 Å². The van der Waals surface area contributed by atoms with Gasteiger partial charge in [0.05, 0.1) is 0 Å². The third-order valence-corrected chi connectivity index (χ3v) is 8.33. The number of nitrogens with one attached hydrogen (secondary N) is 4. The first-order chi connectivity index (χ1) is 22.6. The van der Waals surface area contributed by atoms with Gasteiger partial charge in [0.25, 0.3) is 0 Å². The molecule has 0 aliphatic rings. The van der Waals surface area contributed by atoms with Crippen LogP contribution < -0.4 is 44.2 Å². The van der Waals surface area contributed by atoms with Crippen molar-refractivity contribution in [1.29, 1.82) is 0 Å². The Morgan fingerprint density at radius 1 is 0.468 bits per heavy atom. The van der Waals surface area contributed by atoms with Crippen molar-refractivity contribution in [1.82, 2.24) is 21.3 Å². The summed E-state index contributed by atoms with van der Waals surface area (Å²) in [5.41, 5.74) is 22.3. The number of hydrogen-bond acceptors (Lipinski definition) is 8. The molecule has 0 aromatic rings. The minimum Gasteiger partial charge on any atom is -0.368 e. The average molecular weight is 669 g/mol. The summed E-state index contributed by atoms with van der Waals surface area (Å²) in [5, 5.41) is 11.1. The van der Waals surface area contributed by atoms with Crippen molar-refractivity contribution in [3.63, 3.8) is 0 Å². The van der Waals surface area contributed by atoms with Gasteiger partial charge in [-0.2, -0.15) is 0 Å². The molecule has 4 atom stereocenters. The Balaban J connectivity index is 5.33. The predicted molar refractivity (Wildman–Crippen MR) is 188 cm³/mol. The molecule has 0 spiro atoms. The van der Waals surface area contributed by atoms with E-state index in [0.29, 0.717) is 83.8 Å². The van der Waals surface area contributed by atoms with Crippen molar-refractivity contribution in [3.05, 3.63) is 0 Å². The maximum atomic E-state index is 13.5. The Bertz CT molecular complexity index is 875. The summed E-state index contributed by atoms with van der Waals surface area (Å²) in [4.78, 5) is 64.7. The molecule has 0 saturated heterocycles. The highest BCUT2D eigenvalue weighted by Gasteiger charge is 2.30. The molecule has 13 nitrogen and oxygen atoms in total. The van der Waals surface area contributed by atoms with Crippen LogP contribution in [-0.2, 0) is 24.0 Å². The molecule has 0 fully saturated rings. The predicted octanol–water partition coefficient (Wildman–Crippen LogP) is 2.13. The lowest BCUT2D eigenvalue weighted by atomic mass is 10.0. The van der Waals surface area contributed by atoms with E-state index in [0.717, 1.165) is 19.3 Å². The summed E-state index contributed by atoms with van der Waals surface area (Å²) in [6.07, 6.45) is 15.8. The molecule has 0 aliphatic carbocycles. The minimum atomic E-state index is -0.946. The summed E-state index contributed by atoms with van der Waals surface area (Å²) in [7, 11) is 0. The molecule has 0 aromatic heterocycles. The fourth-order valence-corrected chi connectivity index (χ4v) is 5.33. The highest BCUT2D eigenvalue weighted by Crippen LogP contribution is 2.12. The van der Waals surface area contributed by atoms with Crippen LogP contribution in [0.25, 0.3) is 0 Å². The molecule has 0 rings (SSSR count). The van der Waals surface area contributed by atoms with Gasteiger partial charge in [-0.25, -0.2) is 0 Å². The first-order valence-electron chi connectivity index (χ1n) is 18.2. The molecular weight excluding hydrogens is 600 g/mol. The van der Waals surface area contributed by atoms with Crippen LogP contribution in [0.2, 0.25) is 0 Å². The molecule has 0 bridgehead atoms. The Labute approximate surface area is 283 Å². The monoisotopic (exact) mass is 669 g/mol. The first kappa shape index (κ1) is 44.2. The number of nitrogens with two attached hydrogens (primary N) is 4. The van der Waals surface area contributed by atoms with Crippen LogP contribution in [0.1, 0.15) is 142 Å². The summed E-state index contributed by atoms with van der Waals surface area (Å²) in [5.74, 6) is -2.38. The second-order valence-corrected chi connectivity index (χ2v) is 12.5. The molecule has 0 heterocycles. The van der Waals surface area contributed by atoms with Gasteiger partial charge in [-0.05, 0) is 90.3 Å². The van der Waals surface area contributed by atoms with Gasteiger partial charge in [0.2, 0.25) is 29.5 Å². The fraction of sp³-hybridized carbons (Fsp3) is 0.853. The molecular formula is C34H68N8O5. The van der Waals surface area contributed by atoms with E-state index >= 15 is 0 Å². The van der Waals surface area contributed by atoms with E-state index in [1.54, 1.807) is 6.92 Å². The summed E-state index contributed by atoms with van der Waals surface area (Å²) in [6.45, 7) is 5.29. The van der Waals surface area contributed by atoms with Crippen LogP contribution in [0.5, 0.6) is 0 Å². The van der Waals surface area contributed by atoms with Crippen LogP contribution in [0.15, 0.2) is 0 Å². The van der Waals surface area contributed by atoms with Gasteiger partial charge in [-0.3, -0.25) is 24.0 Å². The molecule has 4 unspecified atom stereocenters. The van der Waals surface area contributed by atoms with Crippen molar-refractivity contribution in [2.45, 2.75) is 166 Å². The zero-order chi connectivity index (χ0) is 35.3. The SMILES string of the molecule is CCCCCCCCCCCC(=O)NC(CCCCN)C(=O)NC(CCCCN)C(=O)NC(CC)C(=O)NC(CCCCN)C(N)=O. The van der Waals surface area contributed by atoms with E-state index in [9.17, 15) is 24.0 Å². The second kappa shape index (κ2) is 29.4. The Kier molecular flexibility index (Phi) is 27.6. The van der Waals surface area contributed by atoms with Gasteiger partial charge < -0.3 is 44.2 Å². The first-order valence-corrected chi connectivity index (χ1v) is 18.2. The maximum absolute atomic E-state index is 13.5. The Morgan fingerprint density at radius 3 is 1.30 bits per heavy atom. The highest BCUT2D eigenvalue weighted by atomic mass is 16.2. The maximum Gasteiger partial charge on any atom is 0.243 e. The average Bonchev–Trinajstić information content (AvgIpc) is 3.04. The summed E-state index contributed by atoms with van der Waals surface area (Å²) < 4.78 is 0. The number of carbonyl (C=O) groups excluding carboxylic acids is 5. The van der Waals surface area contributed by atoms with E-state index in [4.69, 9.17) is 22.9 Å². The van der Waals surface area contributed by atoms with E-state index in [1.807, 2.05) is 0 Å². The van der Waals surface area contributed by atoms with Crippen molar-refractivity contribution in [2.75, 3.05) is 19.6 Å². The highest BCUT2D eigenvalue weighted by molar-refractivity contribution is 5.95. The normalized spacial score (nSPS) is 13.6. The topological polar surface area (TPSA) is 238 Å². The van der Waals surface area contributed by atoms with E-state index in [1.165, 1.54) is 38.5 Å². The van der Waals surface area contributed by atoms with E-state index in [-0.39, 0.29) is 12.3 Å². The lowest BCUT2D eigenvalue weighted by Crippen LogP contribution is -2.58. The van der Waals surface area contributed by atoms with Gasteiger partial charge in [0.15, 0.2) is 0 Å². The zero-order valence-corrected chi connectivity index (χ0v) is 29.4. The quantitative estimate of drug-likeness (QED) is 0.0508. The molecule has 0 aromatic carbocycles. The molecule has 0 radical (unpaired) electrons. The van der Waals surface area contributed by atoms with Crippen LogP contribution in [0.3, 0.4) is 0 Å². The van der Waals surface area contributed by atoms with Crippen molar-refractivity contribution in [3.8, 4) is 0 Å². The van der Waals surface area contributed by atoms with Gasteiger partial charge in [-0.1, -0.05) is 65.2 Å². The minimum absolute atomic E-state index is 0.192. The number of unbranched alkanes of at least 4 members (excludes halogenated alkanes) is 11. The van der Waals surface area contributed by atoms with Crippen LogP contribution in [0, 0.1) is 0 Å². The Hall–Kier alpha value is -2.77. The number of primary amides is 1. The van der Waals surface area contributed by atoms with Crippen molar-refractivity contribution < 1.29 is 24.0 Å². The summed E-state index contributed by atoms with van der Waals surface area (Å²) in [6, 6.07) is -3.58. The molecule has 12 N–H and O–H groups in total. The molecule has 47 heavy (non-hydrogen) atoms. The van der Waals surface area contributed by atoms with Crippen molar-refractivity contribution in [2.24, 2.45) is 22.9 Å². The largest absolute Gasteiger partial charge is 0.368 e. The fourth-order valence-electron chi connectivity index (χ4n) is 5.33. The summed E-state index contributed by atoms with van der Waals surface area (Å²) >= 11 is 0. The molecule has 274 valence electrons. The lowest BCUT2D eigenvalue weighted by molar-refractivity contribution is -0.134. The van der Waals surface area contributed by atoms with Crippen LogP contribution in [0.4, 0.5) is 0 Å². The van der Waals surface area contributed by atoms with Gasteiger partial charge in [0.1, 0.15) is 24.2 Å². The van der Waals surface area contributed by atoms with E-state index in [2.05, 4.69) is 28.2 Å². The Morgan fingerprint density at radius 2 is 0.851 bits per heavy atom. The molecule has 0 aliphatic heterocycles. The number of hydrogen-bond donors (Lipinski definition) is 8. The molecule has 0 saturated carbocycles. The lowest BCUT2D eigenvalue weighted by Gasteiger charge is -2.26. The number of carbonyl (C=O) groups is 5. The smallest absolute Gasteiger partial charge is 0.243 e. The van der Waals surface area contributed by atoms with Crippen LogP contribution in [-0.4, -0.2) is 73.3 Å². The van der Waals surface area contributed by atoms with Gasteiger partial charge >= 0.3 is 0 Å². The molecule has 5 amide bonds. The second-order valence-electron chi connectivity index (χ2n) is 12.5. The van der Waals surface area contributed by atoms with Crippen molar-refractivity contribution >= 4 is 29.5 Å². The van der Waals surface area contributed by atoms with E-state index < -0.39 is 47.8 Å². The zero-order valence-electron chi connectivity index (χ0n) is 29.4. The standard InChI is InChI=1S/C34H68N8O5/c1-3-5-6-7-8-9-10-11-12-22-30(43)39-28(20-14-17-24-36)33(46)42-29(21-15-18-25-37)34(47)40-26(4-2)32(45)41-27(31(38)44)19-13-16-23-35/h26-29H,3-25,35-37H2,1-2H3,(H2,38,44)(H,39,43)(H,40,47)(H,41,45)(H,42,46). The third kappa shape index (κ3) is 22.4. The number of amides is 5.